The molecule has 40 heavy (non-hydrogen) atoms. The molecule has 0 spiro atoms. The van der Waals surface area contributed by atoms with Crippen LogP contribution in [-0.2, 0) is 11.8 Å². The lowest BCUT2D eigenvalue weighted by Crippen LogP contribution is -2.15. The molecule has 1 N–H and O–H groups in total. The standard InChI is InChI=1S/C33H33N5O2/c1-6-25-19-23(16-18-34-25)27-13-10-17-35-32(27)40-28-20-24(15-14-22(28)2)31(39)36-30-21-29(33(3,4)5)37-38(30)26-11-8-7-9-12-26/h7-21H,6H2,1-5H3,(H,36,39). The van der Waals surface area contributed by atoms with Crippen LogP contribution in [0.15, 0.2) is 91.3 Å². The molecule has 7 nitrogen and oxygen atoms in total. The van der Waals surface area contributed by atoms with Crippen LogP contribution in [0.25, 0.3) is 16.8 Å². The Morgan fingerprint density at radius 3 is 2.48 bits per heavy atom. The molecular weight excluding hydrogens is 498 g/mol. The first-order valence-electron chi connectivity index (χ1n) is 13.4. The summed E-state index contributed by atoms with van der Waals surface area (Å²) in [4.78, 5) is 22.4. The summed E-state index contributed by atoms with van der Waals surface area (Å²) in [5.41, 5.74) is 5.75. The number of pyridine rings is 2. The average molecular weight is 532 g/mol. The fraction of sp³-hybridized carbons (Fsp3) is 0.212. The molecule has 0 radical (unpaired) electrons. The van der Waals surface area contributed by atoms with Gasteiger partial charge in [-0.2, -0.15) is 5.10 Å². The highest BCUT2D eigenvalue weighted by atomic mass is 16.5. The van der Waals surface area contributed by atoms with E-state index in [0.29, 0.717) is 23.0 Å². The van der Waals surface area contributed by atoms with Crippen LogP contribution >= 0.6 is 0 Å². The number of carbonyl (C=O) groups is 1. The number of hydrogen-bond acceptors (Lipinski definition) is 5. The van der Waals surface area contributed by atoms with Crippen LogP contribution in [-0.4, -0.2) is 25.7 Å². The number of anilines is 1. The Labute approximate surface area is 234 Å². The maximum atomic E-state index is 13.5. The van der Waals surface area contributed by atoms with Gasteiger partial charge in [-0.1, -0.05) is 52.0 Å². The summed E-state index contributed by atoms with van der Waals surface area (Å²) < 4.78 is 8.09. The van der Waals surface area contributed by atoms with E-state index in [9.17, 15) is 4.79 Å². The molecule has 2 aromatic carbocycles. The molecule has 0 saturated carbocycles. The Morgan fingerprint density at radius 1 is 0.925 bits per heavy atom. The van der Waals surface area contributed by atoms with Crippen molar-refractivity contribution in [2.75, 3.05) is 5.32 Å². The van der Waals surface area contributed by atoms with E-state index in [1.807, 2.05) is 73.7 Å². The maximum Gasteiger partial charge on any atom is 0.256 e. The molecule has 3 aromatic heterocycles. The number of nitrogens with one attached hydrogen (secondary N) is 1. The molecule has 0 aliphatic heterocycles. The zero-order chi connectivity index (χ0) is 28.3. The molecule has 0 bridgehead atoms. The minimum atomic E-state index is -0.259. The fourth-order valence-electron chi connectivity index (χ4n) is 4.28. The van der Waals surface area contributed by atoms with Crippen molar-refractivity contribution < 1.29 is 9.53 Å². The van der Waals surface area contributed by atoms with Crippen LogP contribution in [0.5, 0.6) is 11.6 Å². The predicted octanol–water partition coefficient (Wildman–Crippen LogP) is 7.54. The van der Waals surface area contributed by atoms with Gasteiger partial charge >= 0.3 is 0 Å². The summed E-state index contributed by atoms with van der Waals surface area (Å²) >= 11 is 0. The number of carbonyl (C=O) groups excluding carboxylic acids is 1. The van der Waals surface area contributed by atoms with Crippen molar-refractivity contribution in [3.05, 3.63) is 114 Å². The molecule has 0 saturated heterocycles. The van der Waals surface area contributed by atoms with Crippen LogP contribution in [0.4, 0.5) is 5.82 Å². The minimum absolute atomic E-state index is 0.183. The molecule has 3 heterocycles. The Hall–Kier alpha value is -4.78. The first-order valence-corrected chi connectivity index (χ1v) is 13.4. The van der Waals surface area contributed by atoms with E-state index in [-0.39, 0.29) is 11.3 Å². The van der Waals surface area contributed by atoms with Crippen LogP contribution in [0.3, 0.4) is 0 Å². The number of amides is 1. The summed E-state index contributed by atoms with van der Waals surface area (Å²) in [5, 5.41) is 7.86. The van der Waals surface area contributed by atoms with E-state index in [2.05, 4.69) is 43.0 Å². The third-order valence-corrected chi connectivity index (χ3v) is 6.64. The van der Waals surface area contributed by atoms with Gasteiger partial charge in [0.15, 0.2) is 0 Å². The highest BCUT2D eigenvalue weighted by Crippen LogP contribution is 2.33. The van der Waals surface area contributed by atoms with Crippen molar-refractivity contribution in [3.63, 3.8) is 0 Å². The van der Waals surface area contributed by atoms with Crippen molar-refractivity contribution in [1.29, 1.82) is 0 Å². The smallest absolute Gasteiger partial charge is 0.256 e. The zero-order valence-electron chi connectivity index (χ0n) is 23.5. The largest absolute Gasteiger partial charge is 0.438 e. The lowest BCUT2D eigenvalue weighted by Gasteiger charge is -2.14. The predicted molar refractivity (Wildman–Crippen MR) is 158 cm³/mol. The third-order valence-electron chi connectivity index (χ3n) is 6.64. The van der Waals surface area contributed by atoms with E-state index in [0.717, 1.165) is 40.2 Å². The molecule has 0 aliphatic rings. The van der Waals surface area contributed by atoms with Gasteiger partial charge in [-0.3, -0.25) is 9.78 Å². The fourth-order valence-corrected chi connectivity index (χ4v) is 4.28. The van der Waals surface area contributed by atoms with Gasteiger partial charge in [0.25, 0.3) is 5.91 Å². The highest BCUT2D eigenvalue weighted by Gasteiger charge is 2.22. The van der Waals surface area contributed by atoms with Gasteiger partial charge in [0.2, 0.25) is 5.88 Å². The maximum absolute atomic E-state index is 13.5. The first kappa shape index (κ1) is 26.8. The van der Waals surface area contributed by atoms with E-state index in [4.69, 9.17) is 9.84 Å². The number of rotatable bonds is 7. The number of aromatic nitrogens is 4. The monoisotopic (exact) mass is 531 g/mol. The number of nitrogens with zero attached hydrogens (tertiary/aromatic N) is 4. The molecule has 7 heteroatoms. The Balaban J connectivity index is 1.45. The SMILES string of the molecule is CCc1cc(-c2cccnc2Oc2cc(C(=O)Nc3cc(C(C)(C)C)nn3-c3ccccc3)ccc2C)ccn1. The quantitative estimate of drug-likeness (QED) is 0.235. The normalized spacial score (nSPS) is 11.3. The van der Waals surface area contributed by atoms with Gasteiger partial charge in [-0.15, -0.1) is 0 Å². The van der Waals surface area contributed by atoms with E-state index >= 15 is 0 Å². The molecule has 0 aliphatic carbocycles. The Kier molecular flexibility index (Phi) is 7.47. The van der Waals surface area contributed by atoms with Gasteiger partial charge in [-0.25, -0.2) is 9.67 Å². The summed E-state index contributed by atoms with van der Waals surface area (Å²) in [5.74, 6) is 1.36. The van der Waals surface area contributed by atoms with Crippen molar-refractivity contribution >= 4 is 11.7 Å². The lowest BCUT2D eigenvalue weighted by molar-refractivity contribution is 0.102. The van der Waals surface area contributed by atoms with Gasteiger partial charge in [0.1, 0.15) is 11.6 Å². The second kappa shape index (κ2) is 11.1. The van der Waals surface area contributed by atoms with Gasteiger partial charge in [-0.05, 0) is 73.0 Å². The number of para-hydroxylation sites is 1. The number of ether oxygens (including phenoxy) is 1. The Morgan fingerprint density at radius 2 is 1.73 bits per heavy atom. The number of benzene rings is 2. The van der Waals surface area contributed by atoms with Crippen LogP contribution < -0.4 is 10.1 Å². The molecule has 5 rings (SSSR count). The summed E-state index contributed by atoms with van der Waals surface area (Å²) in [7, 11) is 0. The van der Waals surface area contributed by atoms with Crippen molar-refractivity contribution in [1.82, 2.24) is 19.7 Å². The molecule has 0 atom stereocenters. The third kappa shape index (κ3) is 5.78. The number of aryl methyl sites for hydroxylation is 2. The summed E-state index contributed by atoms with van der Waals surface area (Å²) in [6.45, 7) is 10.3. The summed E-state index contributed by atoms with van der Waals surface area (Å²) in [6, 6.07) is 25.0. The van der Waals surface area contributed by atoms with Crippen LogP contribution in [0.1, 0.15) is 55.0 Å². The Bertz CT molecular complexity index is 1650. The van der Waals surface area contributed by atoms with Crippen LogP contribution in [0, 0.1) is 6.92 Å². The van der Waals surface area contributed by atoms with Crippen LogP contribution in [0.2, 0.25) is 0 Å². The van der Waals surface area contributed by atoms with E-state index in [1.54, 1.807) is 29.2 Å². The van der Waals surface area contributed by atoms with Gasteiger partial charge < -0.3 is 10.1 Å². The van der Waals surface area contributed by atoms with Gasteiger partial charge in [0.05, 0.1) is 11.4 Å². The molecule has 1 amide bonds. The minimum Gasteiger partial charge on any atom is -0.438 e. The lowest BCUT2D eigenvalue weighted by atomic mass is 9.92. The zero-order valence-corrected chi connectivity index (χ0v) is 23.5. The van der Waals surface area contributed by atoms with Gasteiger partial charge in [0, 0.05) is 40.7 Å². The van der Waals surface area contributed by atoms with Crippen molar-refractivity contribution in [3.8, 4) is 28.4 Å². The summed E-state index contributed by atoms with van der Waals surface area (Å²) in [6.07, 6.45) is 4.33. The molecular formula is C33H33N5O2. The van der Waals surface area contributed by atoms with Crippen molar-refractivity contribution in [2.24, 2.45) is 0 Å². The topological polar surface area (TPSA) is 81.9 Å². The molecule has 0 unspecified atom stereocenters. The average Bonchev–Trinajstić information content (AvgIpc) is 3.39. The second-order valence-corrected chi connectivity index (χ2v) is 10.7. The van der Waals surface area contributed by atoms with E-state index < -0.39 is 0 Å². The number of hydrogen-bond donors (Lipinski definition) is 1. The molecule has 0 fully saturated rings. The second-order valence-electron chi connectivity index (χ2n) is 10.7. The molecule has 5 aromatic rings. The van der Waals surface area contributed by atoms with Crippen molar-refractivity contribution in [2.45, 2.75) is 46.5 Å². The molecule has 202 valence electrons. The highest BCUT2D eigenvalue weighted by molar-refractivity contribution is 6.04. The van der Waals surface area contributed by atoms with E-state index in [1.165, 1.54) is 0 Å². The first-order chi connectivity index (χ1) is 19.2.